The summed E-state index contributed by atoms with van der Waals surface area (Å²) in [4.78, 5) is 16.2. The molecule has 1 amide bonds. The average molecular weight is 491 g/mol. The summed E-state index contributed by atoms with van der Waals surface area (Å²) in [5.41, 5.74) is 1.01. The number of amides is 1. The van der Waals surface area contributed by atoms with Crippen molar-refractivity contribution >= 4 is 6.09 Å². The minimum absolute atomic E-state index is 0.406. The zero-order chi connectivity index (χ0) is 25.6. The van der Waals surface area contributed by atoms with Gasteiger partial charge in [0.1, 0.15) is 5.60 Å². The Labute approximate surface area is 211 Å². The van der Waals surface area contributed by atoms with Gasteiger partial charge >= 0.3 is 6.09 Å². The van der Waals surface area contributed by atoms with Crippen LogP contribution in [0.3, 0.4) is 0 Å². The molecule has 188 valence electrons. The van der Waals surface area contributed by atoms with Crippen molar-refractivity contribution in [3.8, 4) is 0 Å². The van der Waals surface area contributed by atoms with E-state index in [9.17, 15) is 4.79 Å². The molecule has 0 aliphatic carbocycles. The van der Waals surface area contributed by atoms with Crippen LogP contribution < -0.4 is 0 Å². The van der Waals surface area contributed by atoms with Gasteiger partial charge in [-0.05, 0) is 43.9 Å². The Kier molecular flexibility index (Phi) is 6.11. The van der Waals surface area contributed by atoms with E-state index in [1.165, 1.54) is 4.90 Å². The normalized spacial score (nSPS) is 21.9. The van der Waals surface area contributed by atoms with E-state index in [-0.39, 0.29) is 0 Å². The second kappa shape index (κ2) is 9.00. The molecular weight excluding hydrogens is 458 g/mol. The van der Waals surface area contributed by atoms with Gasteiger partial charge < -0.3 is 4.74 Å². The van der Waals surface area contributed by atoms with Crippen molar-refractivity contribution in [3.63, 3.8) is 0 Å². The van der Waals surface area contributed by atoms with Crippen LogP contribution in [0.15, 0.2) is 91.0 Å². The lowest BCUT2D eigenvalue weighted by atomic mass is 9.75. The van der Waals surface area contributed by atoms with Crippen LogP contribution in [0.25, 0.3) is 0 Å². The monoisotopic (exact) mass is 490 g/mol. The van der Waals surface area contributed by atoms with Crippen LogP contribution in [0.2, 0.25) is 0 Å². The predicted molar refractivity (Wildman–Crippen MR) is 136 cm³/mol. The van der Waals surface area contributed by atoms with Crippen LogP contribution in [0.5, 0.6) is 0 Å². The fourth-order valence-corrected chi connectivity index (χ4v) is 5.98. The number of rotatable bonds is 4. The highest BCUT2D eigenvalue weighted by atomic mass is 19.3. The van der Waals surface area contributed by atoms with Crippen molar-refractivity contribution in [2.75, 3.05) is 13.1 Å². The van der Waals surface area contributed by atoms with Gasteiger partial charge in [0, 0.05) is 6.54 Å². The van der Waals surface area contributed by atoms with E-state index in [2.05, 4.69) is 0 Å². The molecule has 3 aromatic carbocycles. The maximum Gasteiger partial charge on any atom is 0.410 e. The lowest BCUT2D eigenvalue weighted by molar-refractivity contribution is -0.0636. The molecule has 6 heteroatoms. The van der Waals surface area contributed by atoms with E-state index in [0.29, 0.717) is 13.0 Å². The van der Waals surface area contributed by atoms with Crippen molar-refractivity contribution in [1.82, 2.24) is 9.80 Å². The van der Waals surface area contributed by atoms with Gasteiger partial charge in [-0.25, -0.2) is 13.6 Å². The van der Waals surface area contributed by atoms with Crippen molar-refractivity contribution in [3.05, 3.63) is 108 Å². The number of hydrogen-bond acceptors (Lipinski definition) is 3. The number of nitrogens with zero attached hydrogens (tertiary/aromatic N) is 2. The summed E-state index contributed by atoms with van der Waals surface area (Å²) in [5, 5.41) is 0. The summed E-state index contributed by atoms with van der Waals surface area (Å²) in [7, 11) is 0. The summed E-state index contributed by atoms with van der Waals surface area (Å²) in [6, 6.07) is 27.7. The van der Waals surface area contributed by atoms with E-state index >= 15 is 8.78 Å². The van der Waals surface area contributed by atoms with Crippen LogP contribution in [0.1, 0.15) is 43.9 Å². The number of carbonyl (C=O) groups excluding carboxylic acids is 1. The van der Waals surface area contributed by atoms with Crippen LogP contribution in [0.4, 0.5) is 13.6 Å². The molecule has 36 heavy (non-hydrogen) atoms. The number of alkyl halides is 2. The van der Waals surface area contributed by atoms with Crippen LogP contribution in [0, 0.1) is 0 Å². The van der Waals surface area contributed by atoms with Crippen molar-refractivity contribution in [2.24, 2.45) is 0 Å². The van der Waals surface area contributed by atoms with E-state index in [4.69, 9.17) is 4.74 Å². The van der Waals surface area contributed by atoms with E-state index < -0.39 is 41.8 Å². The van der Waals surface area contributed by atoms with E-state index in [1.807, 2.05) is 95.9 Å². The molecule has 2 fully saturated rings. The zero-order valence-electron chi connectivity index (χ0n) is 20.9. The quantitative estimate of drug-likeness (QED) is 0.402. The second-order valence-corrected chi connectivity index (χ2v) is 10.7. The number of halogens is 2. The number of benzene rings is 3. The first-order chi connectivity index (χ1) is 17.1. The number of ether oxygens (including phenoxy) is 1. The van der Waals surface area contributed by atoms with Gasteiger partial charge in [-0.3, -0.25) is 9.80 Å². The number of likely N-dealkylation sites (tertiary alicyclic amines) is 2. The van der Waals surface area contributed by atoms with Gasteiger partial charge in [-0.15, -0.1) is 0 Å². The lowest BCUT2D eigenvalue weighted by Crippen LogP contribution is -2.56. The Morgan fingerprint density at radius 3 is 1.69 bits per heavy atom. The third kappa shape index (κ3) is 4.07. The highest BCUT2D eigenvalue weighted by Crippen LogP contribution is 2.52. The third-order valence-electron chi connectivity index (χ3n) is 7.21. The molecule has 2 aliphatic rings. The van der Waals surface area contributed by atoms with Crippen LogP contribution in [-0.4, -0.2) is 52.6 Å². The van der Waals surface area contributed by atoms with E-state index in [0.717, 1.165) is 16.7 Å². The predicted octanol–water partition coefficient (Wildman–Crippen LogP) is 6.31. The molecule has 0 unspecified atom stereocenters. The van der Waals surface area contributed by atoms with Gasteiger partial charge in [0.2, 0.25) is 0 Å². The molecule has 0 spiro atoms. The Bertz CT molecular complexity index is 1100. The van der Waals surface area contributed by atoms with Crippen molar-refractivity contribution in [1.29, 1.82) is 0 Å². The summed E-state index contributed by atoms with van der Waals surface area (Å²) in [5.74, 6) is -3.11. The maximum atomic E-state index is 16.0. The number of carbonyl (C=O) groups is 1. The molecule has 5 rings (SSSR count). The Morgan fingerprint density at radius 1 is 0.833 bits per heavy atom. The largest absolute Gasteiger partial charge is 0.444 e. The first-order valence-corrected chi connectivity index (χ1v) is 12.5. The highest BCUT2D eigenvalue weighted by Gasteiger charge is 2.65. The number of fused-ring (bicyclic) bond motifs is 1. The Balaban J connectivity index is 1.69. The highest BCUT2D eigenvalue weighted by molar-refractivity contribution is 5.70. The molecular formula is C30H32F2N2O2. The molecule has 0 N–H and O–H groups in total. The summed E-state index contributed by atoms with van der Waals surface area (Å²) in [6.45, 7) is 5.01. The second-order valence-electron chi connectivity index (χ2n) is 10.7. The van der Waals surface area contributed by atoms with Crippen molar-refractivity contribution < 1.29 is 18.3 Å². The SMILES string of the molecule is CC(C)(C)OC(=O)N1CC(F)(F)[C@H]2[C@@H]1CCN2C(c1ccccc1)(c1ccccc1)c1ccccc1. The minimum Gasteiger partial charge on any atom is -0.444 e. The fourth-order valence-electron chi connectivity index (χ4n) is 5.98. The minimum atomic E-state index is -3.11. The molecule has 2 atom stereocenters. The standard InChI is InChI=1S/C30H32F2N2O2/c1-28(2,3)36-27(35)33-21-29(31,32)26-25(33)19-20-34(26)30(22-13-7-4-8-14-22,23-15-9-5-10-16-23)24-17-11-6-12-18-24/h4-18,25-26H,19-21H2,1-3H3/t25-,26+/m0/s1. The molecule has 2 heterocycles. The average Bonchev–Trinajstić information content (AvgIpc) is 3.41. The smallest absolute Gasteiger partial charge is 0.410 e. The van der Waals surface area contributed by atoms with Gasteiger partial charge in [0.25, 0.3) is 5.92 Å². The van der Waals surface area contributed by atoms with Crippen LogP contribution >= 0.6 is 0 Å². The fraction of sp³-hybridized carbons (Fsp3) is 0.367. The maximum absolute atomic E-state index is 16.0. The van der Waals surface area contributed by atoms with Crippen molar-refractivity contribution in [2.45, 2.75) is 56.3 Å². The summed E-state index contributed by atoms with van der Waals surface area (Å²) in [6.07, 6.45) is -0.241. The van der Waals surface area contributed by atoms with Gasteiger partial charge in [0.15, 0.2) is 0 Å². The van der Waals surface area contributed by atoms with Gasteiger partial charge in [-0.1, -0.05) is 91.0 Å². The van der Waals surface area contributed by atoms with E-state index in [1.54, 1.807) is 20.8 Å². The summed E-state index contributed by atoms with van der Waals surface area (Å²) >= 11 is 0. The Morgan fingerprint density at radius 2 is 1.28 bits per heavy atom. The van der Waals surface area contributed by atoms with Gasteiger partial charge in [-0.2, -0.15) is 0 Å². The lowest BCUT2D eigenvalue weighted by Gasteiger charge is -2.47. The molecule has 0 bridgehead atoms. The molecule has 4 nitrogen and oxygen atoms in total. The molecule has 0 radical (unpaired) electrons. The number of hydrogen-bond donors (Lipinski definition) is 0. The van der Waals surface area contributed by atoms with Crippen LogP contribution in [-0.2, 0) is 10.3 Å². The topological polar surface area (TPSA) is 32.8 Å². The molecule has 0 saturated carbocycles. The Hall–Kier alpha value is -3.25. The zero-order valence-corrected chi connectivity index (χ0v) is 20.9. The first-order valence-electron chi connectivity index (χ1n) is 12.5. The summed E-state index contributed by atoms with van der Waals surface area (Å²) < 4.78 is 37.5. The molecule has 0 aromatic heterocycles. The first kappa shape index (κ1) is 24.4. The molecule has 3 aromatic rings. The molecule has 2 saturated heterocycles. The van der Waals surface area contributed by atoms with Gasteiger partial charge in [0.05, 0.1) is 24.2 Å². The third-order valence-corrected chi connectivity index (χ3v) is 7.21. The molecule has 2 aliphatic heterocycles.